The zero-order valence-corrected chi connectivity index (χ0v) is 34.2. The Morgan fingerprint density at radius 3 is 2.09 bits per heavy atom. The van der Waals surface area contributed by atoms with Crippen LogP contribution < -0.4 is 38.1 Å². The number of likely N-dealkylation sites (N-methyl/N-ethyl adjacent to an activating group) is 1. The molecule has 3 aliphatic carbocycles. The third kappa shape index (κ3) is 13.3. The summed E-state index contributed by atoms with van der Waals surface area (Å²) in [5.74, 6) is -2.78. The Morgan fingerprint density at radius 1 is 0.857 bits per heavy atom. The third-order valence-corrected chi connectivity index (χ3v) is 12.3. The number of carbonyl (C=O) groups excluding carboxylic acids is 5. The van der Waals surface area contributed by atoms with Crippen molar-refractivity contribution >= 4 is 35.5 Å². The molecule has 16 nitrogen and oxygen atoms in total. The number of guanidine groups is 1. The summed E-state index contributed by atoms with van der Waals surface area (Å²) < 4.78 is 12.6. The monoisotopic (exact) mass is 790 g/mol. The van der Waals surface area contributed by atoms with Crippen molar-refractivity contribution in [2.75, 3.05) is 26.8 Å². The molecular formula is C40H71N9O7. The van der Waals surface area contributed by atoms with Gasteiger partial charge in [0, 0.05) is 25.7 Å². The van der Waals surface area contributed by atoms with Gasteiger partial charge in [0.2, 0.25) is 29.5 Å². The fourth-order valence-corrected chi connectivity index (χ4v) is 8.74. The number of hydrogen-bond donors (Lipinski definition) is 8. The maximum atomic E-state index is 14.3. The van der Waals surface area contributed by atoms with E-state index >= 15 is 0 Å². The Hall–Kier alpha value is -3.50. The van der Waals surface area contributed by atoms with Crippen LogP contribution in [-0.4, -0.2) is 116 Å². The number of amides is 5. The Bertz CT molecular complexity index is 1320. The molecule has 1 aliphatic heterocycles. The Morgan fingerprint density at radius 2 is 1.46 bits per heavy atom. The maximum Gasteiger partial charge on any atom is 0.245 e. The minimum absolute atomic E-state index is 0.0146. The molecule has 0 unspecified atom stereocenters. The zero-order valence-electron chi connectivity index (χ0n) is 34.2. The van der Waals surface area contributed by atoms with E-state index in [0.717, 1.165) is 64.2 Å². The van der Waals surface area contributed by atoms with Crippen molar-refractivity contribution in [3.05, 3.63) is 0 Å². The predicted molar refractivity (Wildman–Crippen MR) is 213 cm³/mol. The van der Waals surface area contributed by atoms with Gasteiger partial charge in [-0.1, -0.05) is 78.1 Å². The van der Waals surface area contributed by atoms with Gasteiger partial charge >= 0.3 is 0 Å². The molecule has 7 atom stereocenters. The van der Waals surface area contributed by atoms with Gasteiger partial charge in [-0.25, -0.2) is 0 Å². The summed E-state index contributed by atoms with van der Waals surface area (Å²) >= 11 is 0. The van der Waals surface area contributed by atoms with E-state index in [4.69, 9.17) is 26.4 Å². The Labute approximate surface area is 333 Å². The van der Waals surface area contributed by atoms with Crippen molar-refractivity contribution in [1.82, 2.24) is 31.5 Å². The van der Waals surface area contributed by atoms with E-state index in [0.29, 0.717) is 38.0 Å². The number of nitrogens with one attached hydrogen (secondary N) is 6. The largest absolute Gasteiger partial charge is 0.375 e. The lowest BCUT2D eigenvalue weighted by atomic mass is 9.82. The summed E-state index contributed by atoms with van der Waals surface area (Å²) in [6, 6.07) is -4.60. The average molecular weight is 790 g/mol. The fraction of sp³-hybridized carbons (Fsp3) is 0.850. The quantitative estimate of drug-likeness (QED) is 0.0902. The van der Waals surface area contributed by atoms with Gasteiger partial charge < -0.3 is 52.4 Å². The molecule has 4 rings (SSSR count). The second kappa shape index (κ2) is 22.4. The minimum Gasteiger partial charge on any atom is -0.375 e. The van der Waals surface area contributed by atoms with Crippen LogP contribution in [0.25, 0.3) is 0 Å². The van der Waals surface area contributed by atoms with E-state index in [1.54, 1.807) is 14.0 Å². The molecule has 0 bridgehead atoms. The number of hydrogen-bond acceptors (Lipinski definition) is 9. The topological polar surface area (TPSA) is 243 Å². The first kappa shape index (κ1) is 45.2. The number of rotatable bonds is 10. The van der Waals surface area contributed by atoms with E-state index in [1.165, 1.54) is 11.3 Å². The summed E-state index contributed by atoms with van der Waals surface area (Å²) in [5, 5.41) is 21.9. The first-order valence-corrected chi connectivity index (χ1v) is 21.3. The maximum absolute atomic E-state index is 14.3. The molecule has 0 spiro atoms. The second-order valence-electron chi connectivity index (χ2n) is 16.8. The van der Waals surface area contributed by atoms with Gasteiger partial charge in [-0.2, -0.15) is 0 Å². The third-order valence-electron chi connectivity index (χ3n) is 12.3. The van der Waals surface area contributed by atoms with Gasteiger partial charge in [-0.3, -0.25) is 29.4 Å². The van der Waals surface area contributed by atoms with Crippen LogP contribution in [0, 0.1) is 23.2 Å². The van der Waals surface area contributed by atoms with E-state index in [-0.39, 0.29) is 49.7 Å². The van der Waals surface area contributed by atoms with Crippen LogP contribution in [0.1, 0.15) is 124 Å². The lowest BCUT2D eigenvalue weighted by molar-refractivity contribution is -0.147. The standard InChI is InChI=1S/C40H71N9O7/c1-5-13-32-37(52)48-34(27-16-11-6-7-12-17-27)38(53)46-30(21-41)35(50)47-31(23-55-29-19-28(20-29)45-40(42)43)36(51)44-24(2)22-56-33(25(3)39(54)49(32)4)18-26-14-9-8-10-15-26/h24-34H,5-23,41H2,1-4H3,(H,44,51)(H,46,53)(H,47,50)(H,48,52)(H4,42,43,45)/t24-,25-,28-,29-,30+,31+,32+,33-,34+/m1/s1. The molecular weight excluding hydrogens is 718 g/mol. The van der Waals surface area contributed by atoms with Gasteiger partial charge in [-0.15, -0.1) is 0 Å². The summed E-state index contributed by atoms with van der Waals surface area (Å²) in [6.07, 6.45) is 13.1. The predicted octanol–water partition coefficient (Wildman–Crippen LogP) is 1.54. The van der Waals surface area contributed by atoms with Crippen molar-refractivity contribution in [3.8, 4) is 0 Å². The molecule has 318 valence electrons. The number of nitrogens with zero attached hydrogens (tertiary/aromatic N) is 1. The lowest BCUT2D eigenvalue weighted by Gasteiger charge is -2.36. The number of ether oxygens (including phenoxy) is 2. The summed E-state index contributed by atoms with van der Waals surface area (Å²) in [6.45, 7) is 5.35. The van der Waals surface area contributed by atoms with Gasteiger partial charge in [0.1, 0.15) is 24.2 Å². The van der Waals surface area contributed by atoms with Crippen molar-refractivity contribution in [2.24, 2.45) is 29.2 Å². The van der Waals surface area contributed by atoms with Crippen LogP contribution >= 0.6 is 0 Å². The van der Waals surface area contributed by atoms with Gasteiger partial charge in [-0.05, 0) is 57.3 Å². The van der Waals surface area contributed by atoms with E-state index in [1.807, 2.05) is 13.8 Å². The molecule has 0 aromatic rings. The molecule has 0 radical (unpaired) electrons. The summed E-state index contributed by atoms with van der Waals surface area (Å²) in [7, 11) is 1.66. The van der Waals surface area contributed by atoms with Crippen LogP contribution in [-0.2, 0) is 33.4 Å². The fourth-order valence-electron chi connectivity index (χ4n) is 8.74. The van der Waals surface area contributed by atoms with Crippen molar-refractivity contribution in [1.29, 1.82) is 5.41 Å². The van der Waals surface area contributed by atoms with Crippen LogP contribution in [0.15, 0.2) is 0 Å². The van der Waals surface area contributed by atoms with Crippen LogP contribution in [0.5, 0.6) is 0 Å². The average Bonchev–Trinajstić information content (AvgIpc) is 3.45. The summed E-state index contributed by atoms with van der Waals surface area (Å²) in [5.41, 5.74) is 11.5. The van der Waals surface area contributed by atoms with Gasteiger partial charge in [0.15, 0.2) is 5.96 Å². The molecule has 4 fully saturated rings. The number of carbonyl (C=O) groups is 5. The molecule has 10 N–H and O–H groups in total. The SMILES string of the molecule is CCC[C@H]1C(=O)N[C@@H](C2CCCCCC2)C(=O)N[C@@H](CN)C(=O)N[C@@H](CO[C@H]2C[C@H](NC(=N)N)C2)C(=O)N[C@H](C)CO[C@H](CC2CCCCC2)[C@@H](C)C(=O)N1C. The summed E-state index contributed by atoms with van der Waals surface area (Å²) in [4.78, 5) is 71.9. The van der Waals surface area contributed by atoms with E-state index in [2.05, 4.69) is 26.6 Å². The second-order valence-corrected chi connectivity index (χ2v) is 16.8. The molecule has 56 heavy (non-hydrogen) atoms. The van der Waals surface area contributed by atoms with Crippen molar-refractivity contribution in [3.63, 3.8) is 0 Å². The Balaban J connectivity index is 1.64. The van der Waals surface area contributed by atoms with E-state index in [9.17, 15) is 24.0 Å². The normalized spacial score (nSPS) is 33.0. The van der Waals surface area contributed by atoms with Gasteiger partial charge in [0.25, 0.3) is 0 Å². The van der Waals surface area contributed by atoms with Crippen molar-refractivity contribution in [2.45, 2.75) is 172 Å². The smallest absolute Gasteiger partial charge is 0.245 e. The minimum atomic E-state index is -1.20. The zero-order chi connectivity index (χ0) is 40.8. The molecule has 1 saturated heterocycles. The molecule has 3 saturated carbocycles. The van der Waals surface area contributed by atoms with Crippen LogP contribution in [0.3, 0.4) is 0 Å². The highest BCUT2D eigenvalue weighted by molar-refractivity contribution is 5.96. The molecule has 1 heterocycles. The molecule has 5 amide bonds. The van der Waals surface area contributed by atoms with Crippen LogP contribution in [0.2, 0.25) is 0 Å². The molecule has 0 aromatic heterocycles. The highest BCUT2D eigenvalue weighted by Gasteiger charge is 2.39. The lowest BCUT2D eigenvalue weighted by Crippen LogP contribution is -2.62. The van der Waals surface area contributed by atoms with Crippen LogP contribution in [0.4, 0.5) is 0 Å². The van der Waals surface area contributed by atoms with Gasteiger partial charge in [0.05, 0.1) is 31.3 Å². The molecule has 0 aromatic carbocycles. The highest BCUT2D eigenvalue weighted by Crippen LogP contribution is 2.31. The first-order valence-electron chi connectivity index (χ1n) is 21.3. The molecule has 4 aliphatic rings. The first-order chi connectivity index (χ1) is 26.8. The highest BCUT2D eigenvalue weighted by atomic mass is 16.5. The molecule has 16 heteroatoms. The van der Waals surface area contributed by atoms with E-state index < -0.39 is 65.9 Å². The Kier molecular flexibility index (Phi) is 18.1. The van der Waals surface area contributed by atoms with Crippen molar-refractivity contribution < 1.29 is 33.4 Å². The number of nitrogens with two attached hydrogens (primary N) is 2.